The maximum Gasteiger partial charge on any atom is 0.259 e. The lowest BCUT2D eigenvalue weighted by atomic mass is 9.89. The summed E-state index contributed by atoms with van der Waals surface area (Å²) in [6.07, 6.45) is 2.63. The zero-order valence-electron chi connectivity index (χ0n) is 19.5. The summed E-state index contributed by atoms with van der Waals surface area (Å²) in [7, 11) is 4.06. The summed E-state index contributed by atoms with van der Waals surface area (Å²) in [6.45, 7) is 6.39. The molecule has 32 heavy (non-hydrogen) atoms. The SMILES string of the molecule is CN(C)CCN(Cc1ccccc1)C(=O)c1cnn2c1NC(c1ccccc1)CC2(C)C. The van der Waals surface area contributed by atoms with E-state index in [0.29, 0.717) is 18.7 Å². The molecule has 1 aliphatic heterocycles. The van der Waals surface area contributed by atoms with Crippen molar-refractivity contribution in [1.29, 1.82) is 0 Å². The van der Waals surface area contributed by atoms with Crippen molar-refractivity contribution < 1.29 is 4.79 Å². The van der Waals surface area contributed by atoms with E-state index in [4.69, 9.17) is 0 Å². The molecule has 168 valence electrons. The fourth-order valence-corrected chi connectivity index (χ4v) is 4.34. The van der Waals surface area contributed by atoms with Gasteiger partial charge in [0, 0.05) is 19.6 Å². The van der Waals surface area contributed by atoms with Crippen molar-refractivity contribution in [2.45, 2.75) is 38.4 Å². The van der Waals surface area contributed by atoms with E-state index in [0.717, 1.165) is 24.3 Å². The maximum atomic E-state index is 13.8. The van der Waals surface area contributed by atoms with E-state index in [1.54, 1.807) is 6.20 Å². The Morgan fingerprint density at radius 3 is 2.38 bits per heavy atom. The van der Waals surface area contributed by atoms with E-state index in [2.05, 4.69) is 65.6 Å². The van der Waals surface area contributed by atoms with Gasteiger partial charge in [-0.05, 0) is 45.5 Å². The monoisotopic (exact) mass is 431 g/mol. The van der Waals surface area contributed by atoms with Gasteiger partial charge in [0.15, 0.2) is 0 Å². The van der Waals surface area contributed by atoms with Gasteiger partial charge in [-0.15, -0.1) is 0 Å². The summed E-state index contributed by atoms with van der Waals surface area (Å²) in [5, 5.41) is 8.26. The van der Waals surface area contributed by atoms with Crippen LogP contribution in [0.5, 0.6) is 0 Å². The van der Waals surface area contributed by atoms with Crippen molar-refractivity contribution in [3.05, 3.63) is 83.6 Å². The van der Waals surface area contributed by atoms with Crippen LogP contribution in [0.1, 0.15) is 47.8 Å². The molecule has 1 unspecified atom stereocenters. The second-order valence-corrected chi connectivity index (χ2v) is 9.46. The van der Waals surface area contributed by atoms with Crippen LogP contribution in [-0.2, 0) is 12.1 Å². The minimum absolute atomic E-state index is 0.00830. The summed E-state index contributed by atoms with van der Waals surface area (Å²) in [6, 6.07) is 20.7. The Morgan fingerprint density at radius 2 is 1.72 bits per heavy atom. The average molecular weight is 432 g/mol. The highest BCUT2D eigenvalue weighted by atomic mass is 16.2. The Bertz CT molecular complexity index is 1040. The number of hydrogen-bond donors (Lipinski definition) is 1. The summed E-state index contributed by atoms with van der Waals surface area (Å²) in [5.41, 5.74) is 2.78. The maximum absolute atomic E-state index is 13.8. The third-order valence-corrected chi connectivity index (χ3v) is 6.11. The molecule has 0 aliphatic carbocycles. The topological polar surface area (TPSA) is 53.4 Å². The van der Waals surface area contributed by atoms with Gasteiger partial charge in [0.2, 0.25) is 0 Å². The Balaban J connectivity index is 1.65. The molecule has 0 fully saturated rings. The number of fused-ring (bicyclic) bond motifs is 1. The highest BCUT2D eigenvalue weighted by Crippen LogP contribution is 2.40. The Hall–Kier alpha value is -3.12. The number of nitrogens with zero attached hydrogens (tertiary/aromatic N) is 4. The number of nitrogens with one attached hydrogen (secondary N) is 1. The first-order chi connectivity index (χ1) is 15.3. The summed E-state index contributed by atoms with van der Waals surface area (Å²) in [4.78, 5) is 17.8. The van der Waals surface area contributed by atoms with Gasteiger partial charge in [-0.3, -0.25) is 4.79 Å². The van der Waals surface area contributed by atoms with Gasteiger partial charge in [-0.2, -0.15) is 5.10 Å². The molecular formula is C26H33N5O. The van der Waals surface area contributed by atoms with Crippen molar-refractivity contribution in [2.24, 2.45) is 0 Å². The Morgan fingerprint density at radius 1 is 1.06 bits per heavy atom. The molecule has 1 aliphatic rings. The van der Waals surface area contributed by atoms with Crippen LogP contribution in [0.4, 0.5) is 5.82 Å². The third kappa shape index (κ3) is 4.70. The molecule has 1 N–H and O–H groups in total. The predicted molar refractivity (Wildman–Crippen MR) is 129 cm³/mol. The van der Waals surface area contributed by atoms with Crippen LogP contribution >= 0.6 is 0 Å². The molecule has 3 aromatic rings. The molecule has 1 amide bonds. The predicted octanol–water partition coefficient (Wildman–Crippen LogP) is 4.38. The van der Waals surface area contributed by atoms with Crippen molar-refractivity contribution >= 4 is 11.7 Å². The summed E-state index contributed by atoms with van der Waals surface area (Å²) in [5.74, 6) is 0.817. The van der Waals surface area contributed by atoms with Gasteiger partial charge < -0.3 is 15.1 Å². The standard InChI is InChI=1S/C26H33N5O/c1-26(2)17-23(21-13-9-6-10-14-21)28-24-22(18-27-31(24)26)25(32)30(16-15-29(3)4)19-20-11-7-5-8-12-20/h5-14,18,23,28H,15-17,19H2,1-4H3. The quantitative estimate of drug-likeness (QED) is 0.603. The number of benzene rings is 2. The molecule has 0 bridgehead atoms. The minimum Gasteiger partial charge on any atom is -0.363 e. The number of carbonyl (C=O) groups is 1. The molecule has 0 radical (unpaired) electrons. The molecule has 6 nitrogen and oxygen atoms in total. The van der Waals surface area contributed by atoms with Gasteiger partial charge in [-0.25, -0.2) is 4.68 Å². The number of aromatic nitrogens is 2. The van der Waals surface area contributed by atoms with Crippen LogP contribution in [-0.4, -0.2) is 52.7 Å². The van der Waals surface area contributed by atoms with Crippen LogP contribution in [0.15, 0.2) is 66.9 Å². The average Bonchev–Trinajstić information content (AvgIpc) is 3.22. The summed E-state index contributed by atoms with van der Waals surface area (Å²) >= 11 is 0. The van der Waals surface area contributed by atoms with E-state index >= 15 is 0 Å². The minimum atomic E-state index is -0.201. The lowest BCUT2D eigenvalue weighted by Crippen LogP contribution is -2.39. The van der Waals surface area contributed by atoms with Crippen LogP contribution in [0.2, 0.25) is 0 Å². The molecule has 2 heterocycles. The first-order valence-electron chi connectivity index (χ1n) is 11.2. The molecule has 0 saturated heterocycles. The number of likely N-dealkylation sites (N-methyl/N-ethyl adjacent to an activating group) is 1. The second-order valence-electron chi connectivity index (χ2n) is 9.46. The van der Waals surface area contributed by atoms with Crippen LogP contribution < -0.4 is 5.32 Å². The fraction of sp³-hybridized carbons (Fsp3) is 0.385. The largest absolute Gasteiger partial charge is 0.363 e. The molecule has 0 spiro atoms. The van der Waals surface area contributed by atoms with E-state index in [1.165, 1.54) is 5.56 Å². The molecule has 2 aromatic carbocycles. The Kier molecular flexibility index (Phi) is 6.33. The molecule has 6 heteroatoms. The molecule has 1 aromatic heterocycles. The van der Waals surface area contributed by atoms with Crippen molar-refractivity contribution in [2.75, 3.05) is 32.5 Å². The number of amides is 1. The van der Waals surface area contributed by atoms with Gasteiger partial charge in [0.1, 0.15) is 11.4 Å². The third-order valence-electron chi connectivity index (χ3n) is 6.11. The van der Waals surface area contributed by atoms with E-state index in [9.17, 15) is 4.79 Å². The van der Waals surface area contributed by atoms with E-state index in [-0.39, 0.29) is 17.5 Å². The van der Waals surface area contributed by atoms with Gasteiger partial charge in [0.05, 0.1) is 17.8 Å². The first-order valence-corrected chi connectivity index (χ1v) is 11.2. The molecule has 4 rings (SSSR count). The van der Waals surface area contributed by atoms with Gasteiger partial charge >= 0.3 is 0 Å². The molecule has 1 atom stereocenters. The number of carbonyl (C=O) groups excluding carboxylic acids is 1. The summed E-state index contributed by atoms with van der Waals surface area (Å²) < 4.78 is 1.98. The fourth-order valence-electron chi connectivity index (χ4n) is 4.34. The molecular weight excluding hydrogens is 398 g/mol. The normalized spacial score (nSPS) is 17.0. The number of rotatable bonds is 7. The van der Waals surface area contributed by atoms with Crippen molar-refractivity contribution in [3.63, 3.8) is 0 Å². The van der Waals surface area contributed by atoms with Crippen LogP contribution in [0, 0.1) is 0 Å². The van der Waals surface area contributed by atoms with E-state index in [1.807, 2.05) is 47.9 Å². The van der Waals surface area contributed by atoms with Crippen LogP contribution in [0.3, 0.4) is 0 Å². The van der Waals surface area contributed by atoms with Gasteiger partial charge in [-0.1, -0.05) is 60.7 Å². The Labute approximate surface area is 190 Å². The zero-order valence-corrected chi connectivity index (χ0v) is 19.5. The second kappa shape index (κ2) is 9.17. The van der Waals surface area contributed by atoms with Crippen molar-refractivity contribution in [1.82, 2.24) is 19.6 Å². The van der Waals surface area contributed by atoms with Crippen molar-refractivity contribution in [3.8, 4) is 0 Å². The zero-order chi connectivity index (χ0) is 22.7. The highest BCUT2D eigenvalue weighted by molar-refractivity contribution is 5.99. The lowest BCUT2D eigenvalue weighted by Gasteiger charge is -2.38. The number of anilines is 1. The van der Waals surface area contributed by atoms with Crippen LogP contribution in [0.25, 0.3) is 0 Å². The lowest BCUT2D eigenvalue weighted by molar-refractivity contribution is 0.0732. The first kappa shape index (κ1) is 22.1. The number of hydrogen-bond acceptors (Lipinski definition) is 4. The highest BCUT2D eigenvalue weighted by Gasteiger charge is 2.37. The molecule has 0 saturated carbocycles. The smallest absolute Gasteiger partial charge is 0.259 e. The van der Waals surface area contributed by atoms with Gasteiger partial charge in [0.25, 0.3) is 5.91 Å². The van der Waals surface area contributed by atoms with E-state index < -0.39 is 0 Å².